The molecule has 0 spiro atoms. The van der Waals surface area contributed by atoms with Crippen LogP contribution in [0.2, 0.25) is 0 Å². The maximum absolute atomic E-state index is 13.4. The number of nitrogens with zero attached hydrogens (tertiary/aromatic N) is 1. The fourth-order valence-corrected chi connectivity index (χ4v) is 3.78. The molecule has 0 bridgehead atoms. The molecular formula is C15H22FN3OS. The van der Waals surface area contributed by atoms with E-state index in [0.29, 0.717) is 17.6 Å². The summed E-state index contributed by atoms with van der Waals surface area (Å²) >= 11 is 1.94. The Kier molecular flexibility index (Phi) is 5.85. The lowest BCUT2D eigenvalue weighted by atomic mass is 10.2. The number of carbonyl (C=O) groups excluding carboxylic acids is 1. The van der Waals surface area contributed by atoms with E-state index in [1.54, 1.807) is 0 Å². The zero-order valence-electron chi connectivity index (χ0n) is 12.5. The number of hydrogen-bond acceptors (Lipinski definition) is 4. The lowest BCUT2D eigenvalue weighted by Gasteiger charge is -2.15. The molecule has 116 valence electrons. The summed E-state index contributed by atoms with van der Waals surface area (Å²) in [5.74, 6) is 0.801. The molecule has 1 fully saturated rings. The Hall–Kier alpha value is -1.30. The standard InChI is InChI=1S/C15H22FN3OS/c1-3-17-14-13(7-10(16)9-18-14)15(20)19-11-5-6-12(8-11)21-4-2/h7,9,11-12H,3-6,8H2,1-2H3,(H,17,18)(H,19,20). The number of nitrogens with one attached hydrogen (secondary N) is 2. The minimum absolute atomic E-state index is 0.180. The molecule has 2 unspecified atom stereocenters. The van der Waals surface area contributed by atoms with Gasteiger partial charge in [-0.25, -0.2) is 9.37 Å². The Balaban J connectivity index is 2.02. The summed E-state index contributed by atoms with van der Waals surface area (Å²) < 4.78 is 13.4. The van der Waals surface area contributed by atoms with Gasteiger partial charge in [-0.15, -0.1) is 0 Å². The molecule has 1 aromatic heterocycles. The summed E-state index contributed by atoms with van der Waals surface area (Å²) in [6, 6.07) is 1.42. The van der Waals surface area contributed by atoms with E-state index in [0.717, 1.165) is 31.2 Å². The SMILES string of the molecule is CCNc1ncc(F)cc1C(=O)NC1CCC(SCC)C1. The Morgan fingerprint density at radius 1 is 1.48 bits per heavy atom. The van der Waals surface area contributed by atoms with Gasteiger partial charge in [-0.1, -0.05) is 6.92 Å². The molecule has 2 atom stereocenters. The molecule has 1 amide bonds. The fourth-order valence-electron chi connectivity index (χ4n) is 2.64. The van der Waals surface area contributed by atoms with Gasteiger partial charge in [-0.3, -0.25) is 4.79 Å². The summed E-state index contributed by atoms with van der Waals surface area (Å²) in [6.45, 7) is 4.70. The molecule has 0 aliphatic heterocycles. The van der Waals surface area contributed by atoms with Gasteiger partial charge in [0.2, 0.25) is 0 Å². The molecule has 21 heavy (non-hydrogen) atoms. The highest BCUT2D eigenvalue weighted by Gasteiger charge is 2.26. The number of hydrogen-bond donors (Lipinski definition) is 2. The smallest absolute Gasteiger partial charge is 0.255 e. The molecule has 1 saturated carbocycles. The van der Waals surface area contributed by atoms with Gasteiger partial charge < -0.3 is 10.6 Å². The fraction of sp³-hybridized carbons (Fsp3) is 0.600. The van der Waals surface area contributed by atoms with E-state index in [1.165, 1.54) is 6.07 Å². The van der Waals surface area contributed by atoms with Crippen LogP contribution in [-0.2, 0) is 0 Å². The number of anilines is 1. The van der Waals surface area contributed by atoms with Gasteiger partial charge in [0.15, 0.2) is 0 Å². The van der Waals surface area contributed by atoms with Crippen LogP contribution < -0.4 is 10.6 Å². The van der Waals surface area contributed by atoms with Crippen molar-refractivity contribution in [2.45, 2.75) is 44.4 Å². The Bertz CT molecular complexity index is 498. The van der Waals surface area contributed by atoms with Crippen molar-refractivity contribution >= 4 is 23.5 Å². The summed E-state index contributed by atoms with van der Waals surface area (Å²) in [4.78, 5) is 16.3. The number of carbonyl (C=O) groups is 1. The summed E-state index contributed by atoms with van der Waals surface area (Å²) in [6.07, 6.45) is 4.23. The van der Waals surface area contributed by atoms with E-state index in [1.807, 2.05) is 18.7 Å². The van der Waals surface area contributed by atoms with Gasteiger partial charge in [-0.2, -0.15) is 11.8 Å². The third kappa shape index (κ3) is 4.33. The lowest BCUT2D eigenvalue weighted by Crippen LogP contribution is -2.33. The van der Waals surface area contributed by atoms with E-state index >= 15 is 0 Å². The van der Waals surface area contributed by atoms with E-state index in [-0.39, 0.29) is 17.5 Å². The average Bonchev–Trinajstić information content (AvgIpc) is 2.88. The highest BCUT2D eigenvalue weighted by molar-refractivity contribution is 7.99. The third-order valence-electron chi connectivity index (χ3n) is 3.57. The molecule has 2 rings (SSSR count). The number of thioether (sulfide) groups is 1. The van der Waals surface area contributed by atoms with Gasteiger partial charge in [0, 0.05) is 17.8 Å². The van der Waals surface area contributed by atoms with Gasteiger partial charge in [0.1, 0.15) is 11.6 Å². The first-order chi connectivity index (χ1) is 10.1. The van der Waals surface area contributed by atoms with Crippen LogP contribution in [-0.4, -0.2) is 34.5 Å². The van der Waals surface area contributed by atoms with Crippen LogP contribution in [0.1, 0.15) is 43.5 Å². The first kappa shape index (κ1) is 16.1. The van der Waals surface area contributed by atoms with Gasteiger partial charge in [0.25, 0.3) is 5.91 Å². The highest BCUT2D eigenvalue weighted by atomic mass is 32.2. The molecular weight excluding hydrogens is 289 g/mol. The molecule has 0 radical (unpaired) electrons. The topological polar surface area (TPSA) is 54.0 Å². The van der Waals surface area contributed by atoms with Crippen molar-refractivity contribution in [2.75, 3.05) is 17.6 Å². The largest absolute Gasteiger partial charge is 0.370 e. The minimum Gasteiger partial charge on any atom is -0.370 e. The van der Waals surface area contributed by atoms with Crippen LogP contribution in [0.3, 0.4) is 0 Å². The number of amides is 1. The van der Waals surface area contributed by atoms with Crippen LogP contribution in [0, 0.1) is 5.82 Å². The molecule has 1 aliphatic rings. The van der Waals surface area contributed by atoms with E-state index in [4.69, 9.17) is 0 Å². The first-order valence-electron chi connectivity index (χ1n) is 7.45. The van der Waals surface area contributed by atoms with Crippen molar-refractivity contribution in [1.29, 1.82) is 0 Å². The second-order valence-electron chi connectivity index (χ2n) is 5.14. The predicted molar refractivity (Wildman–Crippen MR) is 85.4 cm³/mol. The second kappa shape index (κ2) is 7.64. The Labute approximate surface area is 129 Å². The van der Waals surface area contributed by atoms with Gasteiger partial charge >= 0.3 is 0 Å². The first-order valence-corrected chi connectivity index (χ1v) is 8.50. The minimum atomic E-state index is -0.493. The molecule has 4 nitrogen and oxygen atoms in total. The van der Waals surface area contributed by atoms with Crippen LogP contribution in [0.5, 0.6) is 0 Å². The third-order valence-corrected chi connectivity index (χ3v) is 4.80. The maximum Gasteiger partial charge on any atom is 0.255 e. The van der Waals surface area contributed by atoms with Crippen molar-refractivity contribution in [3.63, 3.8) is 0 Å². The molecule has 6 heteroatoms. The van der Waals surface area contributed by atoms with Crippen LogP contribution in [0.25, 0.3) is 0 Å². The van der Waals surface area contributed by atoms with Crippen molar-refractivity contribution < 1.29 is 9.18 Å². The zero-order valence-corrected chi connectivity index (χ0v) is 13.3. The van der Waals surface area contributed by atoms with Crippen LogP contribution in [0.15, 0.2) is 12.3 Å². The van der Waals surface area contributed by atoms with E-state index < -0.39 is 5.82 Å². The van der Waals surface area contributed by atoms with Crippen molar-refractivity contribution in [3.05, 3.63) is 23.6 Å². The van der Waals surface area contributed by atoms with Gasteiger partial charge in [-0.05, 0) is 38.0 Å². The molecule has 1 aliphatic carbocycles. The van der Waals surface area contributed by atoms with Crippen molar-refractivity contribution in [2.24, 2.45) is 0 Å². The average molecular weight is 311 g/mol. The zero-order chi connectivity index (χ0) is 15.2. The number of pyridine rings is 1. The van der Waals surface area contributed by atoms with E-state index in [9.17, 15) is 9.18 Å². The van der Waals surface area contributed by atoms with Crippen LogP contribution >= 0.6 is 11.8 Å². The molecule has 0 aromatic carbocycles. The molecule has 0 saturated heterocycles. The van der Waals surface area contributed by atoms with Crippen molar-refractivity contribution in [3.8, 4) is 0 Å². The normalized spacial score (nSPS) is 21.3. The van der Waals surface area contributed by atoms with Gasteiger partial charge in [0.05, 0.1) is 11.8 Å². The summed E-state index contributed by atoms with van der Waals surface area (Å²) in [5, 5.41) is 6.63. The van der Waals surface area contributed by atoms with Crippen LogP contribution in [0.4, 0.5) is 10.2 Å². The Morgan fingerprint density at radius 3 is 3.00 bits per heavy atom. The number of halogens is 1. The highest BCUT2D eigenvalue weighted by Crippen LogP contribution is 2.30. The second-order valence-corrected chi connectivity index (χ2v) is 6.72. The molecule has 1 aromatic rings. The summed E-state index contributed by atoms with van der Waals surface area (Å²) in [5.41, 5.74) is 0.281. The monoisotopic (exact) mass is 311 g/mol. The Morgan fingerprint density at radius 2 is 2.29 bits per heavy atom. The summed E-state index contributed by atoms with van der Waals surface area (Å²) in [7, 11) is 0. The van der Waals surface area contributed by atoms with Crippen molar-refractivity contribution in [1.82, 2.24) is 10.3 Å². The number of rotatable bonds is 6. The number of aromatic nitrogens is 1. The predicted octanol–water partition coefficient (Wildman–Crippen LogP) is 3.06. The molecule has 1 heterocycles. The quantitative estimate of drug-likeness (QED) is 0.848. The molecule has 2 N–H and O–H groups in total. The maximum atomic E-state index is 13.4. The lowest BCUT2D eigenvalue weighted by molar-refractivity contribution is 0.0938. The van der Waals surface area contributed by atoms with E-state index in [2.05, 4.69) is 22.5 Å².